The van der Waals surface area contributed by atoms with E-state index in [0.29, 0.717) is 18.7 Å². The van der Waals surface area contributed by atoms with E-state index in [1.165, 1.54) is 32.4 Å². The van der Waals surface area contributed by atoms with Crippen molar-refractivity contribution in [3.8, 4) is 23.2 Å². The Morgan fingerprint density at radius 1 is 1.17 bits per heavy atom. The lowest BCUT2D eigenvalue weighted by molar-refractivity contribution is 0.183. The molecule has 0 spiro atoms. The van der Waals surface area contributed by atoms with Crippen LogP contribution in [0.25, 0.3) is 22.3 Å². The summed E-state index contributed by atoms with van der Waals surface area (Å²) in [5.41, 5.74) is 4.15. The topological polar surface area (TPSA) is 71.2 Å². The minimum Gasteiger partial charge on any atom is -0.492 e. The lowest BCUT2D eigenvalue weighted by atomic mass is 10.1. The lowest BCUT2D eigenvalue weighted by Crippen LogP contribution is -2.33. The van der Waals surface area contributed by atoms with E-state index in [1.54, 1.807) is 11.5 Å². The molecule has 0 radical (unpaired) electrons. The first-order valence-corrected chi connectivity index (χ1v) is 10.6. The Hall–Kier alpha value is -3.17. The monoisotopic (exact) mass is 400 g/mol. The van der Waals surface area contributed by atoms with Gasteiger partial charge in [-0.1, -0.05) is 6.42 Å². The number of likely N-dealkylation sites (tertiary alicyclic amines) is 1. The van der Waals surface area contributed by atoms with Gasteiger partial charge in [0, 0.05) is 17.5 Å². The maximum atomic E-state index is 12.7. The Kier molecular flexibility index (Phi) is 4.76. The molecule has 5 rings (SSSR count). The Labute approximate surface area is 175 Å². The maximum Gasteiger partial charge on any atom is 0.269 e. The molecule has 0 N–H and O–H groups in total. The van der Waals surface area contributed by atoms with Crippen molar-refractivity contribution in [3.63, 3.8) is 0 Å². The number of aryl methyl sites for hydroxylation is 1. The number of hydrogen-bond acceptors (Lipinski definition) is 5. The molecule has 0 amide bonds. The Balaban J connectivity index is 1.40. The van der Waals surface area contributed by atoms with Crippen molar-refractivity contribution in [2.75, 3.05) is 26.2 Å². The molecule has 0 atom stereocenters. The second-order valence-corrected chi connectivity index (χ2v) is 8.19. The molecular formula is C24H24N4O2. The molecule has 3 aromatic rings. The quantitative estimate of drug-likeness (QED) is 0.525. The number of fused-ring (bicyclic) bond motifs is 4. The van der Waals surface area contributed by atoms with E-state index in [4.69, 9.17) is 9.72 Å². The fraction of sp³-hybridized carbons (Fsp3) is 0.375. The highest BCUT2D eigenvalue weighted by Gasteiger charge is 2.24. The van der Waals surface area contributed by atoms with E-state index in [0.717, 1.165) is 40.1 Å². The highest BCUT2D eigenvalue weighted by molar-refractivity contribution is 5.85. The minimum absolute atomic E-state index is 0.209. The SMILES string of the molecule is Cc1cc2n(c(=O)c1C#N)Cc1cc3cc(OCCN4CCCCC4)ccc3nc1-2. The molecular weight excluding hydrogens is 376 g/mol. The summed E-state index contributed by atoms with van der Waals surface area (Å²) in [5.74, 6) is 0.844. The van der Waals surface area contributed by atoms with Crippen LogP contribution < -0.4 is 10.3 Å². The highest BCUT2D eigenvalue weighted by atomic mass is 16.5. The second-order valence-electron chi connectivity index (χ2n) is 8.19. The van der Waals surface area contributed by atoms with Crippen LogP contribution in [0.5, 0.6) is 5.75 Å². The van der Waals surface area contributed by atoms with E-state index in [-0.39, 0.29) is 11.1 Å². The number of rotatable bonds is 4. The molecule has 6 nitrogen and oxygen atoms in total. The summed E-state index contributed by atoms with van der Waals surface area (Å²) in [6, 6.07) is 12.0. The van der Waals surface area contributed by atoms with Gasteiger partial charge in [-0.2, -0.15) is 5.26 Å². The van der Waals surface area contributed by atoms with Crippen LogP contribution in [0.4, 0.5) is 0 Å². The Bertz CT molecular complexity index is 1230. The van der Waals surface area contributed by atoms with Gasteiger partial charge in [0.25, 0.3) is 5.56 Å². The molecule has 1 fully saturated rings. The van der Waals surface area contributed by atoms with E-state index in [1.807, 2.05) is 30.3 Å². The smallest absolute Gasteiger partial charge is 0.269 e. The third kappa shape index (κ3) is 3.25. The average Bonchev–Trinajstić information content (AvgIpc) is 3.11. The fourth-order valence-electron chi connectivity index (χ4n) is 4.53. The molecule has 0 aliphatic carbocycles. The molecule has 1 saturated heterocycles. The number of pyridine rings is 2. The standard InChI is InChI=1S/C24H24N4O2/c1-16-11-22-23-18(15-28(22)24(29)20(16)14-25)12-17-13-19(5-6-21(17)26-23)30-10-9-27-7-3-2-4-8-27/h5-6,11-13H,2-4,7-10,15H2,1H3. The first-order valence-electron chi connectivity index (χ1n) is 10.6. The summed E-state index contributed by atoms with van der Waals surface area (Å²) in [5, 5.41) is 10.3. The van der Waals surface area contributed by atoms with E-state index >= 15 is 0 Å². The van der Waals surface area contributed by atoms with Crippen LogP contribution in [0.2, 0.25) is 0 Å². The molecule has 4 heterocycles. The van der Waals surface area contributed by atoms with Crippen molar-refractivity contribution in [2.45, 2.75) is 32.7 Å². The number of aromatic nitrogens is 2. The number of ether oxygens (including phenoxy) is 1. The average molecular weight is 400 g/mol. The first kappa shape index (κ1) is 18.8. The number of nitriles is 1. The number of nitrogens with zero attached hydrogens (tertiary/aromatic N) is 4. The Morgan fingerprint density at radius 3 is 2.80 bits per heavy atom. The first-order chi connectivity index (χ1) is 14.6. The zero-order chi connectivity index (χ0) is 20.7. The highest BCUT2D eigenvalue weighted by Crippen LogP contribution is 2.33. The largest absolute Gasteiger partial charge is 0.492 e. The van der Waals surface area contributed by atoms with Crippen LogP contribution in [0, 0.1) is 18.3 Å². The van der Waals surface area contributed by atoms with Crippen LogP contribution in [0.1, 0.15) is 36.0 Å². The minimum atomic E-state index is -0.240. The molecule has 2 aromatic heterocycles. The summed E-state index contributed by atoms with van der Waals surface area (Å²) in [6.45, 7) is 6.23. The van der Waals surface area contributed by atoms with Crippen molar-refractivity contribution < 1.29 is 4.74 Å². The van der Waals surface area contributed by atoms with Crippen molar-refractivity contribution in [1.82, 2.24) is 14.5 Å². The normalized spacial score (nSPS) is 15.6. The van der Waals surface area contributed by atoms with Gasteiger partial charge in [-0.15, -0.1) is 0 Å². The van der Waals surface area contributed by atoms with Gasteiger partial charge in [-0.25, -0.2) is 4.98 Å². The van der Waals surface area contributed by atoms with E-state index in [9.17, 15) is 10.1 Å². The second kappa shape index (κ2) is 7.58. The molecule has 0 saturated carbocycles. The number of hydrogen-bond donors (Lipinski definition) is 0. The molecule has 6 heteroatoms. The molecule has 2 aliphatic rings. The van der Waals surface area contributed by atoms with Crippen LogP contribution in [-0.2, 0) is 6.54 Å². The third-order valence-corrected chi connectivity index (χ3v) is 6.17. The van der Waals surface area contributed by atoms with Gasteiger partial charge in [-0.05, 0) is 68.8 Å². The van der Waals surface area contributed by atoms with Gasteiger partial charge >= 0.3 is 0 Å². The fourth-order valence-corrected chi connectivity index (χ4v) is 4.53. The summed E-state index contributed by atoms with van der Waals surface area (Å²) in [7, 11) is 0. The lowest BCUT2D eigenvalue weighted by Gasteiger charge is -2.26. The van der Waals surface area contributed by atoms with Gasteiger partial charge in [0.1, 0.15) is 24.0 Å². The van der Waals surface area contributed by atoms with Crippen molar-refractivity contribution >= 4 is 10.9 Å². The predicted molar refractivity (Wildman–Crippen MR) is 116 cm³/mol. The van der Waals surface area contributed by atoms with Crippen LogP contribution in [0.15, 0.2) is 35.1 Å². The number of benzene rings is 1. The van der Waals surface area contributed by atoms with Gasteiger partial charge in [0.2, 0.25) is 0 Å². The van der Waals surface area contributed by atoms with Crippen LogP contribution in [0.3, 0.4) is 0 Å². The van der Waals surface area contributed by atoms with Gasteiger partial charge in [-0.3, -0.25) is 9.69 Å². The molecule has 152 valence electrons. The molecule has 30 heavy (non-hydrogen) atoms. The zero-order valence-electron chi connectivity index (χ0n) is 17.1. The number of piperidine rings is 1. The zero-order valence-corrected chi connectivity index (χ0v) is 17.1. The molecule has 0 unspecified atom stereocenters. The summed E-state index contributed by atoms with van der Waals surface area (Å²) < 4.78 is 7.65. The van der Waals surface area contributed by atoms with E-state index in [2.05, 4.69) is 11.0 Å². The van der Waals surface area contributed by atoms with Crippen LogP contribution >= 0.6 is 0 Å². The summed E-state index contributed by atoms with van der Waals surface area (Å²) in [6.07, 6.45) is 3.91. The van der Waals surface area contributed by atoms with Crippen molar-refractivity contribution in [1.29, 1.82) is 5.26 Å². The molecule has 2 aliphatic heterocycles. The summed E-state index contributed by atoms with van der Waals surface area (Å²) in [4.78, 5) is 20.0. The van der Waals surface area contributed by atoms with Crippen LogP contribution in [-0.4, -0.2) is 40.7 Å². The van der Waals surface area contributed by atoms with Gasteiger partial charge < -0.3 is 9.30 Å². The molecule has 1 aromatic carbocycles. The maximum absolute atomic E-state index is 12.7. The summed E-state index contributed by atoms with van der Waals surface area (Å²) >= 11 is 0. The van der Waals surface area contributed by atoms with Gasteiger partial charge in [0.05, 0.1) is 23.4 Å². The predicted octanol–water partition coefficient (Wildman–Crippen LogP) is 3.47. The van der Waals surface area contributed by atoms with Crippen molar-refractivity contribution in [3.05, 3.63) is 57.4 Å². The Morgan fingerprint density at radius 2 is 2.00 bits per heavy atom. The van der Waals surface area contributed by atoms with Crippen molar-refractivity contribution in [2.24, 2.45) is 0 Å². The molecule has 0 bridgehead atoms. The third-order valence-electron chi connectivity index (χ3n) is 6.17. The van der Waals surface area contributed by atoms with Gasteiger partial charge in [0.15, 0.2) is 0 Å². The van der Waals surface area contributed by atoms with E-state index < -0.39 is 0 Å².